The van der Waals surface area contributed by atoms with Crippen molar-refractivity contribution in [1.29, 1.82) is 0 Å². The summed E-state index contributed by atoms with van der Waals surface area (Å²) >= 11 is 0. The molecule has 0 radical (unpaired) electrons. The number of nitrogens with one attached hydrogen (secondary N) is 1. The first kappa shape index (κ1) is 11.6. The molecule has 2 rings (SSSR count). The highest BCUT2D eigenvalue weighted by atomic mass is 16.3. The molecule has 0 unspecified atom stereocenters. The van der Waals surface area contributed by atoms with Gasteiger partial charge in [0.1, 0.15) is 11.5 Å². The summed E-state index contributed by atoms with van der Waals surface area (Å²) < 4.78 is 1.52. The molecule has 5 heteroatoms. The van der Waals surface area contributed by atoms with Crippen molar-refractivity contribution in [2.24, 2.45) is 0 Å². The first-order chi connectivity index (χ1) is 8.24. The van der Waals surface area contributed by atoms with Crippen LogP contribution in [0.3, 0.4) is 0 Å². The number of hydrogen-bond donors (Lipinski definition) is 2. The topological polar surface area (TPSA) is 66.6 Å². The normalized spacial score (nSPS) is 10.7. The Morgan fingerprint density at radius 3 is 3.06 bits per heavy atom. The molecule has 0 saturated heterocycles. The standard InChI is InChI=1S/C12H15N3O2/c1-9-11(13-6-4-8-16)14-10-5-2-3-7-15(10)12(9)17/h2-3,5,7,13,16H,4,6,8H2,1H3. The lowest BCUT2D eigenvalue weighted by molar-refractivity contribution is 0.292. The number of rotatable bonds is 4. The van der Waals surface area contributed by atoms with Crippen molar-refractivity contribution in [2.75, 3.05) is 18.5 Å². The Bertz CT molecular complexity index is 577. The summed E-state index contributed by atoms with van der Waals surface area (Å²) in [7, 11) is 0. The van der Waals surface area contributed by atoms with Crippen LogP contribution in [0.2, 0.25) is 0 Å². The summed E-state index contributed by atoms with van der Waals surface area (Å²) in [4.78, 5) is 16.4. The molecule has 2 aromatic heterocycles. The monoisotopic (exact) mass is 233 g/mol. The summed E-state index contributed by atoms with van der Waals surface area (Å²) in [6, 6.07) is 5.43. The van der Waals surface area contributed by atoms with E-state index in [1.54, 1.807) is 25.3 Å². The molecular weight excluding hydrogens is 218 g/mol. The smallest absolute Gasteiger partial charge is 0.262 e. The lowest BCUT2D eigenvalue weighted by Gasteiger charge is -2.09. The summed E-state index contributed by atoms with van der Waals surface area (Å²) in [5, 5.41) is 11.8. The van der Waals surface area contributed by atoms with E-state index in [1.165, 1.54) is 4.40 Å². The van der Waals surface area contributed by atoms with Crippen molar-refractivity contribution in [3.63, 3.8) is 0 Å². The molecule has 17 heavy (non-hydrogen) atoms. The third-order valence-electron chi connectivity index (χ3n) is 2.59. The van der Waals surface area contributed by atoms with Crippen LogP contribution >= 0.6 is 0 Å². The SMILES string of the molecule is Cc1c(NCCCO)nc2ccccn2c1=O. The zero-order chi connectivity index (χ0) is 12.3. The van der Waals surface area contributed by atoms with E-state index in [-0.39, 0.29) is 12.2 Å². The van der Waals surface area contributed by atoms with Gasteiger partial charge >= 0.3 is 0 Å². The van der Waals surface area contributed by atoms with Crippen LogP contribution in [-0.4, -0.2) is 27.6 Å². The Kier molecular flexibility index (Phi) is 3.39. The van der Waals surface area contributed by atoms with Crippen LogP contribution in [0.5, 0.6) is 0 Å². The largest absolute Gasteiger partial charge is 0.396 e. The summed E-state index contributed by atoms with van der Waals surface area (Å²) in [5.74, 6) is 0.592. The Balaban J connectivity index is 2.43. The second-order valence-electron chi connectivity index (χ2n) is 3.82. The van der Waals surface area contributed by atoms with Gasteiger partial charge in [0.05, 0.1) is 5.56 Å². The third kappa shape index (κ3) is 2.29. The van der Waals surface area contributed by atoms with Crippen LogP contribution in [0.4, 0.5) is 5.82 Å². The van der Waals surface area contributed by atoms with Gasteiger partial charge in [0.15, 0.2) is 0 Å². The fourth-order valence-corrected chi connectivity index (χ4v) is 1.64. The molecule has 0 aromatic carbocycles. The molecule has 5 nitrogen and oxygen atoms in total. The highest BCUT2D eigenvalue weighted by Gasteiger charge is 2.07. The van der Waals surface area contributed by atoms with Gasteiger partial charge in [-0.1, -0.05) is 6.07 Å². The van der Waals surface area contributed by atoms with E-state index in [4.69, 9.17) is 5.11 Å². The predicted octanol–water partition coefficient (Wildman–Crippen LogP) is 0.797. The number of pyridine rings is 1. The van der Waals surface area contributed by atoms with Crippen molar-refractivity contribution in [3.05, 3.63) is 40.3 Å². The Morgan fingerprint density at radius 2 is 2.29 bits per heavy atom. The van der Waals surface area contributed by atoms with E-state index in [9.17, 15) is 4.79 Å². The van der Waals surface area contributed by atoms with Crippen molar-refractivity contribution in [1.82, 2.24) is 9.38 Å². The molecular formula is C12H15N3O2. The van der Waals surface area contributed by atoms with Gasteiger partial charge in [-0.2, -0.15) is 0 Å². The van der Waals surface area contributed by atoms with Gasteiger partial charge in [0, 0.05) is 19.3 Å². The minimum absolute atomic E-state index is 0.0675. The Morgan fingerprint density at radius 1 is 1.47 bits per heavy atom. The molecule has 2 heterocycles. The molecule has 2 N–H and O–H groups in total. The van der Waals surface area contributed by atoms with E-state index in [1.807, 2.05) is 6.07 Å². The van der Waals surface area contributed by atoms with Gasteiger partial charge in [-0.05, 0) is 25.5 Å². The number of hydrogen-bond acceptors (Lipinski definition) is 4. The van der Waals surface area contributed by atoms with Crippen LogP contribution in [-0.2, 0) is 0 Å². The molecule has 0 aliphatic rings. The molecule has 0 aliphatic heterocycles. The summed E-state index contributed by atoms with van der Waals surface area (Å²) in [5.41, 5.74) is 1.14. The van der Waals surface area contributed by atoms with Crippen LogP contribution in [0.1, 0.15) is 12.0 Å². The van der Waals surface area contributed by atoms with Crippen LogP contribution in [0.15, 0.2) is 29.2 Å². The summed E-state index contributed by atoms with van der Waals surface area (Å²) in [6.45, 7) is 2.47. The number of aliphatic hydroxyl groups excluding tert-OH is 1. The molecule has 0 amide bonds. The van der Waals surface area contributed by atoms with Crippen LogP contribution < -0.4 is 10.9 Å². The Hall–Kier alpha value is -1.88. The molecule has 0 spiro atoms. The molecule has 0 fully saturated rings. The molecule has 0 aliphatic carbocycles. The highest BCUT2D eigenvalue weighted by molar-refractivity contribution is 5.51. The van der Waals surface area contributed by atoms with Crippen molar-refractivity contribution >= 4 is 11.5 Å². The van der Waals surface area contributed by atoms with Crippen molar-refractivity contribution in [3.8, 4) is 0 Å². The average molecular weight is 233 g/mol. The number of anilines is 1. The van der Waals surface area contributed by atoms with E-state index >= 15 is 0 Å². The van der Waals surface area contributed by atoms with E-state index < -0.39 is 0 Å². The van der Waals surface area contributed by atoms with Gasteiger partial charge in [-0.15, -0.1) is 0 Å². The molecule has 0 bridgehead atoms. The molecule has 0 atom stereocenters. The van der Waals surface area contributed by atoms with Gasteiger partial charge < -0.3 is 10.4 Å². The van der Waals surface area contributed by atoms with E-state index in [0.29, 0.717) is 30.0 Å². The zero-order valence-corrected chi connectivity index (χ0v) is 9.68. The van der Waals surface area contributed by atoms with Crippen LogP contribution in [0.25, 0.3) is 5.65 Å². The quantitative estimate of drug-likeness (QED) is 0.766. The van der Waals surface area contributed by atoms with Crippen molar-refractivity contribution < 1.29 is 5.11 Å². The van der Waals surface area contributed by atoms with Crippen LogP contribution in [0, 0.1) is 6.92 Å². The lowest BCUT2D eigenvalue weighted by Crippen LogP contribution is -2.20. The number of aliphatic hydroxyl groups is 1. The second-order valence-corrected chi connectivity index (χ2v) is 3.82. The minimum atomic E-state index is -0.0675. The third-order valence-corrected chi connectivity index (χ3v) is 2.59. The lowest BCUT2D eigenvalue weighted by atomic mass is 10.3. The highest BCUT2D eigenvalue weighted by Crippen LogP contribution is 2.08. The van der Waals surface area contributed by atoms with Gasteiger partial charge in [0.25, 0.3) is 5.56 Å². The van der Waals surface area contributed by atoms with E-state index in [2.05, 4.69) is 10.3 Å². The number of nitrogens with zero attached hydrogens (tertiary/aromatic N) is 2. The van der Waals surface area contributed by atoms with Gasteiger partial charge in [-0.3, -0.25) is 9.20 Å². The fraction of sp³-hybridized carbons (Fsp3) is 0.333. The first-order valence-electron chi connectivity index (χ1n) is 5.57. The Labute approximate surface area is 98.7 Å². The number of aromatic nitrogens is 2. The molecule has 0 saturated carbocycles. The van der Waals surface area contributed by atoms with Crippen molar-refractivity contribution in [2.45, 2.75) is 13.3 Å². The second kappa shape index (κ2) is 4.97. The zero-order valence-electron chi connectivity index (χ0n) is 9.68. The predicted molar refractivity (Wildman–Crippen MR) is 66.4 cm³/mol. The maximum absolute atomic E-state index is 12.0. The molecule has 2 aromatic rings. The summed E-state index contributed by atoms with van der Waals surface area (Å²) in [6.07, 6.45) is 2.34. The average Bonchev–Trinajstić information content (AvgIpc) is 2.35. The minimum Gasteiger partial charge on any atom is -0.396 e. The van der Waals surface area contributed by atoms with E-state index in [0.717, 1.165) is 0 Å². The first-order valence-corrected chi connectivity index (χ1v) is 5.57. The number of fused-ring (bicyclic) bond motifs is 1. The maximum Gasteiger partial charge on any atom is 0.262 e. The van der Waals surface area contributed by atoms with Gasteiger partial charge in [-0.25, -0.2) is 4.98 Å². The molecule has 90 valence electrons. The fourth-order valence-electron chi connectivity index (χ4n) is 1.64. The maximum atomic E-state index is 12.0. The van der Waals surface area contributed by atoms with Gasteiger partial charge in [0.2, 0.25) is 0 Å².